The quantitative estimate of drug-likeness (QED) is 0.152. The summed E-state index contributed by atoms with van der Waals surface area (Å²) in [6.45, 7) is 2.71. The molecule has 0 aliphatic carbocycles. The fourth-order valence-electron chi connectivity index (χ4n) is 3.45. The van der Waals surface area contributed by atoms with Gasteiger partial charge in [0.25, 0.3) is 11.6 Å². The highest BCUT2D eigenvalue weighted by Crippen LogP contribution is 2.25. The van der Waals surface area contributed by atoms with Crippen LogP contribution in [0.1, 0.15) is 16.7 Å². The van der Waals surface area contributed by atoms with Gasteiger partial charge in [-0.25, -0.2) is 10.4 Å². The number of nitrogens with zero attached hydrogens (tertiary/aromatic N) is 4. The number of nitrogens with one attached hydrogen (secondary N) is 1. The fraction of sp³-hybridized carbons (Fsp3) is 0.115. The molecule has 0 spiro atoms. The summed E-state index contributed by atoms with van der Waals surface area (Å²) in [6.07, 6.45) is 4.48. The van der Waals surface area contributed by atoms with Gasteiger partial charge in [-0.1, -0.05) is 65.9 Å². The van der Waals surface area contributed by atoms with Crippen LogP contribution in [0.15, 0.2) is 89.1 Å². The zero-order valence-corrected chi connectivity index (χ0v) is 19.8. The second-order valence-corrected chi connectivity index (χ2v) is 8.67. The minimum Gasteiger partial charge on any atom is -0.314 e. The molecule has 4 aromatic rings. The van der Waals surface area contributed by atoms with Gasteiger partial charge in [-0.3, -0.25) is 14.9 Å². The Morgan fingerprint density at radius 2 is 1.86 bits per heavy atom. The summed E-state index contributed by atoms with van der Waals surface area (Å²) in [6, 6.07) is 22.6. The molecule has 0 radical (unpaired) electrons. The molecule has 0 aliphatic rings. The van der Waals surface area contributed by atoms with Crippen molar-refractivity contribution >= 4 is 46.7 Å². The highest BCUT2D eigenvalue weighted by atomic mass is 32.2. The summed E-state index contributed by atoms with van der Waals surface area (Å²) in [5.41, 5.74) is 7.17. The average molecular weight is 486 g/mol. The van der Waals surface area contributed by atoms with Crippen molar-refractivity contribution in [3.63, 3.8) is 0 Å². The van der Waals surface area contributed by atoms with Gasteiger partial charge in [-0.2, -0.15) is 5.10 Å². The van der Waals surface area contributed by atoms with Crippen LogP contribution in [-0.4, -0.2) is 32.3 Å². The fourth-order valence-corrected chi connectivity index (χ4v) is 4.25. The molecule has 0 bridgehead atoms. The number of aryl methyl sites for hydroxylation is 1. The van der Waals surface area contributed by atoms with Crippen LogP contribution in [-0.2, 0) is 11.3 Å². The maximum Gasteiger partial charge on any atom is 0.276 e. The summed E-state index contributed by atoms with van der Waals surface area (Å²) in [5.74, 6) is -0.137. The van der Waals surface area contributed by atoms with Crippen molar-refractivity contribution in [2.75, 3.05) is 5.75 Å². The van der Waals surface area contributed by atoms with Crippen molar-refractivity contribution in [1.82, 2.24) is 15.0 Å². The average Bonchev–Trinajstić information content (AvgIpc) is 3.21. The summed E-state index contributed by atoms with van der Waals surface area (Å²) < 4.78 is 2.11. The van der Waals surface area contributed by atoms with Gasteiger partial charge in [0.15, 0.2) is 5.16 Å². The maximum atomic E-state index is 12.3. The molecule has 4 rings (SSSR count). The number of benzene rings is 3. The number of imidazole rings is 1. The topological polar surface area (TPSA) is 102 Å². The second-order valence-electron chi connectivity index (χ2n) is 7.73. The first kappa shape index (κ1) is 23.9. The van der Waals surface area contributed by atoms with Crippen LogP contribution in [0.4, 0.5) is 5.69 Å². The number of nitro benzene ring substituents is 1. The number of rotatable bonds is 9. The van der Waals surface area contributed by atoms with Gasteiger partial charge in [-0.15, -0.1) is 0 Å². The van der Waals surface area contributed by atoms with Gasteiger partial charge in [0.1, 0.15) is 0 Å². The van der Waals surface area contributed by atoms with E-state index in [1.807, 2.05) is 24.3 Å². The molecule has 1 amide bonds. The normalized spacial score (nSPS) is 11.5. The lowest BCUT2D eigenvalue weighted by Crippen LogP contribution is -2.19. The van der Waals surface area contributed by atoms with E-state index < -0.39 is 4.92 Å². The van der Waals surface area contributed by atoms with Crippen molar-refractivity contribution in [3.8, 4) is 0 Å². The van der Waals surface area contributed by atoms with Crippen molar-refractivity contribution in [1.29, 1.82) is 0 Å². The number of allylic oxidation sites excluding steroid dienone is 1. The van der Waals surface area contributed by atoms with Crippen LogP contribution in [0.3, 0.4) is 0 Å². The predicted octanol–water partition coefficient (Wildman–Crippen LogP) is 5.21. The first-order valence-electron chi connectivity index (χ1n) is 10.9. The highest BCUT2D eigenvalue weighted by molar-refractivity contribution is 7.99. The summed E-state index contributed by atoms with van der Waals surface area (Å²) in [4.78, 5) is 27.6. The number of para-hydroxylation sites is 3. The van der Waals surface area contributed by atoms with E-state index in [0.29, 0.717) is 12.1 Å². The molecule has 176 valence electrons. The molecule has 1 aromatic heterocycles. The van der Waals surface area contributed by atoms with Crippen molar-refractivity contribution in [3.05, 3.63) is 106 Å². The Kier molecular flexibility index (Phi) is 7.69. The second kappa shape index (κ2) is 11.3. The lowest BCUT2D eigenvalue weighted by molar-refractivity contribution is -0.385. The molecule has 0 fully saturated rings. The number of aromatic nitrogens is 2. The Hall–Kier alpha value is -4.24. The van der Waals surface area contributed by atoms with Crippen LogP contribution in [0.2, 0.25) is 0 Å². The van der Waals surface area contributed by atoms with Gasteiger partial charge in [0.2, 0.25) is 0 Å². The van der Waals surface area contributed by atoms with Crippen LogP contribution >= 0.6 is 11.8 Å². The van der Waals surface area contributed by atoms with Crippen molar-refractivity contribution in [2.45, 2.75) is 18.6 Å². The molecule has 0 aliphatic heterocycles. The SMILES string of the molecule is Cc1ccc(Cn2c(SCC(=O)N/N=C\C=C\c3ccccc3[N+](=O)[O-])nc3ccccc32)cc1. The summed E-state index contributed by atoms with van der Waals surface area (Å²) >= 11 is 1.34. The number of fused-ring (bicyclic) bond motifs is 1. The lowest BCUT2D eigenvalue weighted by Gasteiger charge is -2.09. The van der Waals surface area contributed by atoms with Crippen LogP contribution < -0.4 is 5.43 Å². The van der Waals surface area contributed by atoms with Crippen LogP contribution in [0, 0.1) is 17.0 Å². The molecule has 3 aromatic carbocycles. The molecule has 1 N–H and O–H groups in total. The Morgan fingerprint density at radius 3 is 2.66 bits per heavy atom. The predicted molar refractivity (Wildman–Crippen MR) is 140 cm³/mol. The number of hydrogen-bond donors (Lipinski definition) is 1. The Balaban J connectivity index is 1.38. The van der Waals surface area contributed by atoms with Gasteiger partial charge in [0, 0.05) is 12.3 Å². The Labute approximate surface area is 206 Å². The van der Waals surface area contributed by atoms with E-state index in [0.717, 1.165) is 21.8 Å². The monoisotopic (exact) mass is 485 g/mol. The van der Waals surface area contributed by atoms with Crippen LogP contribution in [0.25, 0.3) is 17.1 Å². The minimum absolute atomic E-state index is 0.00566. The van der Waals surface area contributed by atoms with E-state index in [4.69, 9.17) is 4.98 Å². The van der Waals surface area contributed by atoms with Gasteiger partial charge < -0.3 is 4.57 Å². The molecular formula is C26H23N5O3S. The molecule has 9 heteroatoms. The first-order chi connectivity index (χ1) is 17.0. The highest BCUT2D eigenvalue weighted by Gasteiger charge is 2.13. The smallest absolute Gasteiger partial charge is 0.276 e. The number of amides is 1. The van der Waals surface area contributed by atoms with Crippen molar-refractivity contribution in [2.24, 2.45) is 5.10 Å². The summed E-state index contributed by atoms with van der Waals surface area (Å²) in [7, 11) is 0. The molecule has 0 unspecified atom stereocenters. The zero-order chi connectivity index (χ0) is 24.6. The molecule has 0 saturated heterocycles. The molecule has 8 nitrogen and oxygen atoms in total. The number of thioether (sulfide) groups is 1. The molecule has 35 heavy (non-hydrogen) atoms. The Bertz CT molecular complexity index is 1410. The zero-order valence-electron chi connectivity index (χ0n) is 19.0. The third-order valence-electron chi connectivity index (χ3n) is 5.17. The number of carbonyl (C=O) groups is 1. The van der Waals surface area contributed by atoms with E-state index in [2.05, 4.69) is 46.3 Å². The summed E-state index contributed by atoms with van der Waals surface area (Å²) in [5, 5.41) is 15.7. The number of carbonyl (C=O) groups excluding carboxylic acids is 1. The minimum atomic E-state index is -0.442. The van der Waals surface area contributed by atoms with E-state index in [-0.39, 0.29) is 17.3 Å². The Morgan fingerprint density at radius 1 is 1.11 bits per heavy atom. The van der Waals surface area contributed by atoms with Crippen LogP contribution in [0.5, 0.6) is 0 Å². The molecule has 1 heterocycles. The van der Waals surface area contributed by atoms with E-state index in [1.54, 1.807) is 24.3 Å². The maximum absolute atomic E-state index is 12.3. The molecule has 0 atom stereocenters. The first-order valence-corrected chi connectivity index (χ1v) is 11.9. The number of hydrogen-bond acceptors (Lipinski definition) is 6. The lowest BCUT2D eigenvalue weighted by atomic mass is 10.1. The number of hydrazone groups is 1. The van der Waals surface area contributed by atoms with Gasteiger partial charge >= 0.3 is 0 Å². The largest absolute Gasteiger partial charge is 0.314 e. The van der Waals surface area contributed by atoms with Gasteiger partial charge in [-0.05, 0) is 42.8 Å². The third kappa shape index (κ3) is 6.21. The number of nitro groups is 1. The molecule has 0 saturated carbocycles. The van der Waals surface area contributed by atoms with E-state index >= 15 is 0 Å². The standard InChI is InChI=1S/C26H23N5O3S/c1-19-12-14-20(15-13-19)17-30-24-11-5-3-9-22(24)28-26(30)35-18-25(32)29-27-16-6-8-21-7-2-4-10-23(21)31(33)34/h2-16H,17-18H2,1H3,(H,29,32)/b8-6+,27-16-. The van der Waals surface area contributed by atoms with E-state index in [1.165, 1.54) is 35.7 Å². The van der Waals surface area contributed by atoms with Crippen molar-refractivity contribution < 1.29 is 9.72 Å². The van der Waals surface area contributed by atoms with E-state index in [9.17, 15) is 14.9 Å². The third-order valence-corrected chi connectivity index (χ3v) is 6.15. The molecular weight excluding hydrogens is 462 g/mol. The van der Waals surface area contributed by atoms with Gasteiger partial charge in [0.05, 0.1) is 33.8 Å².